The predicted molar refractivity (Wildman–Crippen MR) is 92.1 cm³/mol. The number of hydrogen-bond acceptors (Lipinski definition) is 10. The summed E-state index contributed by atoms with van der Waals surface area (Å²) in [6.45, 7) is 4.54. The maximum Gasteiger partial charge on any atom is 0.303 e. The van der Waals surface area contributed by atoms with E-state index in [1.165, 1.54) is 20.8 Å². The van der Waals surface area contributed by atoms with Crippen LogP contribution >= 0.6 is 11.8 Å². The number of rotatable bonds is 7. The van der Waals surface area contributed by atoms with Crippen molar-refractivity contribution in [2.75, 3.05) is 12.4 Å². The molecule has 2 unspecified atom stereocenters. The molecular formula is C16H22N2O8S. The zero-order chi connectivity index (χ0) is 20.6. The summed E-state index contributed by atoms with van der Waals surface area (Å²) in [5.41, 5.74) is -0.801. The Labute approximate surface area is 160 Å². The van der Waals surface area contributed by atoms with Crippen LogP contribution in [-0.4, -0.2) is 66.0 Å². The van der Waals surface area contributed by atoms with Gasteiger partial charge in [-0.2, -0.15) is 5.26 Å². The first-order valence-electron chi connectivity index (χ1n) is 8.04. The summed E-state index contributed by atoms with van der Waals surface area (Å²) in [5, 5.41) is 11.5. The van der Waals surface area contributed by atoms with Crippen LogP contribution in [0.1, 0.15) is 27.7 Å². The summed E-state index contributed by atoms with van der Waals surface area (Å²) in [6, 6.07) is 1.06. The van der Waals surface area contributed by atoms with Crippen LogP contribution in [0.3, 0.4) is 0 Å². The summed E-state index contributed by atoms with van der Waals surface area (Å²) in [7, 11) is 0. The number of amides is 1. The molecule has 1 aliphatic heterocycles. The van der Waals surface area contributed by atoms with E-state index in [0.29, 0.717) is 0 Å². The van der Waals surface area contributed by atoms with Crippen LogP contribution in [0.2, 0.25) is 0 Å². The van der Waals surface area contributed by atoms with Crippen LogP contribution in [0.15, 0.2) is 0 Å². The quantitative estimate of drug-likeness (QED) is 0.453. The molecule has 1 N–H and O–H groups in total. The smallest absolute Gasteiger partial charge is 0.303 e. The first kappa shape index (κ1) is 22.7. The zero-order valence-corrected chi connectivity index (χ0v) is 16.2. The van der Waals surface area contributed by atoms with Gasteiger partial charge >= 0.3 is 17.9 Å². The van der Waals surface area contributed by atoms with Gasteiger partial charge in [-0.3, -0.25) is 19.2 Å². The molecule has 1 fully saturated rings. The molecule has 1 heterocycles. The Bertz CT molecular complexity index is 620. The number of nitrogens with zero attached hydrogens (tertiary/aromatic N) is 1. The van der Waals surface area contributed by atoms with Crippen molar-refractivity contribution >= 4 is 35.6 Å². The van der Waals surface area contributed by atoms with Crippen LogP contribution < -0.4 is 5.32 Å². The molecule has 0 aromatic rings. The molecule has 150 valence electrons. The van der Waals surface area contributed by atoms with Gasteiger partial charge in [-0.25, -0.2) is 0 Å². The van der Waals surface area contributed by atoms with Crippen LogP contribution in [-0.2, 0) is 38.1 Å². The largest absolute Gasteiger partial charge is 0.463 e. The molecule has 0 aromatic heterocycles. The van der Waals surface area contributed by atoms with Gasteiger partial charge in [-0.15, -0.1) is 11.8 Å². The molecule has 0 bridgehead atoms. The van der Waals surface area contributed by atoms with Crippen molar-refractivity contribution in [3.05, 3.63) is 0 Å². The van der Waals surface area contributed by atoms with Gasteiger partial charge in [0.15, 0.2) is 12.2 Å². The van der Waals surface area contributed by atoms with E-state index in [0.717, 1.165) is 18.7 Å². The standard InChI is InChI=1S/C16H22N2O8S/c1-8(19)18-13-15(25-11(4)22)14(24-10(3)21)12(7-23-9(2)20)26-16(13)27-6-5-17/h12-16H,6-7H2,1-4H3,(H,18,19)/t12?,13?,14-,15-,16+/m1/s1. The molecule has 11 heteroatoms. The molecule has 0 spiro atoms. The summed E-state index contributed by atoms with van der Waals surface area (Å²) >= 11 is 1.07. The van der Waals surface area contributed by atoms with Gasteiger partial charge in [0.05, 0.1) is 11.8 Å². The Kier molecular flexibility index (Phi) is 9.04. The average molecular weight is 402 g/mol. The Morgan fingerprint density at radius 2 is 1.63 bits per heavy atom. The minimum absolute atomic E-state index is 0.0338. The van der Waals surface area contributed by atoms with Gasteiger partial charge in [0, 0.05) is 27.7 Å². The van der Waals surface area contributed by atoms with Crippen molar-refractivity contribution in [2.24, 2.45) is 0 Å². The second kappa shape index (κ2) is 10.7. The van der Waals surface area contributed by atoms with Crippen molar-refractivity contribution in [3.8, 4) is 6.07 Å². The van der Waals surface area contributed by atoms with Crippen molar-refractivity contribution in [2.45, 2.75) is 57.5 Å². The van der Waals surface area contributed by atoms with Crippen LogP contribution in [0.4, 0.5) is 0 Å². The second-order valence-electron chi connectivity index (χ2n) is 5.69. The minimum Gasteiger partial charge on any atom is -0.463 e. The Morgan fingerprint density at radius 3 is 2.11 bits per heavy atom. The molecule has 1 amide bonds. The minimum atomic E-state index is -1.12. The normalized spacial score (nSPS) is 27.0. The number of nitriles is 1. The first-order chi connectivity index (χ1) is 12.6. The van der Waals surface area contributed by atoms with Gasteiger partial charge in [0.2, 0.25) is 5.91 Å². The molecule has 10 nitrogen and oxygen atoms in total. The van der Waals surface area contributed by atoms with E-state index in [-0.39, 0.29) is 12.4 Å². The van der Waals surface area contributed by atoms with E-state index < -0.39 is 53.6 Å². The number of thioether (sulfide) groups is 1. The molecule has 1 rings (SSSR count). The molecule has 0 saturated carbocycles. The fourth-order valence-corrected chi connectivity index (χ4v) is 3.44. The number of carbonyl (C=O) groups excluding carboxylic acids is 4. The van der Waals surface area contributed by atoms with Crippen LogP contribution in [0, 0.1) is 11.3 Å². The highest BCUT2D eigenvalue weighted by atomic mass is 32.2. The number of hydrogen-bond donors (Lipinski definition) is 1. The highest BCUT2D eigenvalue weighted by molar-refractivity contribution is 8.00. The third-order valence-electron chi connectivity index (χ3n) is 3.38. The fourth-order valence-electron chi connectivity index (χ4n) is 2.55. The third kappa shape index (κ3) is 7.44. The number of nitrogens with one attached hydrogen (secondary N) is 1. The van der Waals surface area contributed by atoms with Gasteiger partial charge in [0.25, 0.3) is 0 Å². The van der Waals surface area contributed by atoms with E-state index in [1.54, 1.807) is 0 Å². The summed E-state index contributed by atoms with van der Waals surface area (Å²) in [6.07, 6.45) is -3.18. The highest BCUT2D eigenvalue weighted by Crippen LogP contribution is 2.32. The van der Waals surface area contributed by atoms with Crippen LogP contribution in [0.5, 0.6) is 0 Å². The monoisotopic (exact) mass is 402 g/mol. The number of esters is 3. The molecule has 0 aromatic carbocycles. The van der Waals surface area contributed by atoms with Gasteiger partial charge in [-0.1, -0.05) is 0 Å². The molecule has 0 radical (unpaired) electrons. The van der Waals surface area contributed by atoms with Gasteiger partial charge < -0.3 is 24.3 Å². The highest BCUT2D eigenvalue weighted by Gasteiger charge is 2.50. The van der Waals surface area contributed by atoms with Crippen molar-refractivity contribution in [1.29, 1.82) is 5.26 Å². The molecule has 1 aliphatic rings. The zero-order valence-electron chi connectivity index (χ0n) is 15.4. The van der Waals surface area contributed by atoms with Crippen molar-refractivity contribution in [1.82, 2.24) is 5.32 Å². The van der Waals surface area contributed by atoms with E-state index >= 15 is 0 Å². The van der Waals surface area contributed by atoms with Crippen molar-refractivity contribution < 1.29 is 38.1 Å². The summed E-state index contributed by atoms with van der Waals surface area (Å²) < 4.78 is 21.4. The Morgan fingerprint density at radius 1 is 1.04 bits per heavy atom. The lowest BCUT2D eigenvalue weighted by Crippen LogP contribution is -2.65. The molecule has 27 heavy (non-hydrogen) atoms. The lowest BCUT2D eigenvalue weighted by atomic mass is 9.97. The van der Waals surface area contributed by atoms with Gasteiger partial charge in [0.1, 0.15) is 24.2 Å². The second-order valence-corrected chi connectivity index (χ2v) is 6.78. The predicted octanol–water partition coefficient (Wildman–Crippen LogP) is -0.101. The molecule has 0 aliphatic carbocycles. The number of ether oxygens (including phenoxy) is 4. The fraction of sp³-hybridized carbons (Fsp3) is 0.688. The number of carbonyl (C=O) groups is 4. The van der Waals surface area contributed by atoms with Crippen LogP contribution in [0.25, 0.3) is 0 Å². The Hall–Kier alpha value is -2.32. The molecule has 5 atom stereocenters. The summed E-state index contributed by atoms with van der Waals surface area (Å²) in [5.74, 6) is -2.30. The van der Waals surface area contributed by atoms with Gasteiger partial charge in [-0.05, 0) is 0 Å². The maximum absolute atomic E-state index is 11.6. The van der Waals surface area contributed by atoms with E-state index in [1.807, 2.05) is 6.07 Å². The molecular weight excluding hydrogens is 380 g/mol. The maximum atomic E-state index is 11.6. The topological polar surface area (TPSA) is 141 Å². The van der Waals surface area contributed by atoms with E-state index in [9.17, 15) is 19.2 Å². The lowest BCUT2D eigenvalue weighted by molar-refractivity contribution is -0.211. The SMILES string of the molecule is CC(=O)NC1[C@@H](OC(C)=O)[C@H](OC(C)=O)C(COC(C)=O)O[C@H]1SCC#N. The third-order valence-corrected chi connectivity index (χ3v) is 4.41. The van der Waals surface area contributed by atoms with E-state index in [4.69, 9.17) is 24.2 Å². The lowest BCUT2D eigenvalue weighted by Gasteiger charge is -2.44. The Balaban J connectivity index is 3.25. The average Bonchev–Trinajstić information content (AvgIpc) is 2.54. The molecule has 1 saturated heterocycles. The van der Waals surface area contributed by atoms with Crippen molar-refractivity contribution in [3.63, 3.8) is 0 Å². The first-order valence-corrected chi connectivity index (χ1v) is 9.09. The van der Waals surface area contributed by atoms with E-state index in [2.05, 4.69) is 5.32 Å². The summed E-state index contributed by atoms with van der Waals surface area (Å²) in [4.78, 5) is 45.9.